The summed E-state index contributed by atoms with van der Waals surface area (Å²) in [4.78, 5) is 50.7. The third kappa shape index (κ3) is 6.41. The number of pyridine rings is 1. The monoisotopic (exact) mass is 654 g/mol. The van der Waals surface area contributed by atoms with Crippen LogP contribution in [0.3, 0.4) is 0 Å². The van der Waals surface area contributed by atoms with Gasteiger partial charge in [-0.3, -0.25) is 29.1 Å². The molecule has 2 aliphatic carbocycles. The minimum Gasteiger partial charge on any atom is -0.351 e. The number of amides is 3. The van der Waals surface area contributed by atoms with E-state index in [0.717, 1.165) is 34.8 Å². The second-order valence-electron chi connectivity index (χ2n) is 11.7. The highest BCUT2D eigenvalue weighted by molar-refractivity contribution is 6.31. The number of halogens is 5. The van der Waals surface area contributed by atoms with E-state index in [1.807, 2.05) is 11.0 Å². The van der Waals surface area contributed by atoms with Gasteiger partial charge < -0.3 is 5.32 Å². The van der Waals surface area contributed by atoms with Gasteiger partial charge in [0.05, 0.1) is 23.9 Å². The van der Waals surface area contributed by atoms with E-state index in [1.165, 1.54) is 36.5 Å². The van der Waals surface area contributed by atoms with Crippen LogP contribution in [-0.4, -0.2) is 64.7 Å². The van der Waals surface area contributed by atoms with Crippen LogP contribution in [0.15, 0.2) is 60.8 Å². The molecule has 2 unspecified atom stereocenters. The molecule has 0 radical (unpaired) electrons. The van der Waals surface area contributed by atoms with Gasteiger partial charge in [0.25, 0.3) is 11.8 Å². The lowest BCUT2D eigenvalue weighted by Gasteiger charge is -2.43. The summed E-state index contributed by atoms with van der Waals surface area (Å²) in [7, 11) is 0. The number of piperazine rings is 1. The molecule has 3 fully saturated rings. The number of aromatic nitrogens is 1. The van der Waals surface area contributed by atoms with Gasteiger partial charge in [0.1, 0.15) is 29.5 Å². The molecule has 1 aromatic heterocycles. The Labute approximate surface area is 266 Å². The van der Waals surface area contributed by atoms with Crippen molar-refractivity contribution in [3.05, 3.63) is 88.6 Å². The molecular weight excluding hydrogens is 628 g/mol. The molecule has 2 saturated carbocycles. The first-order valence-corrected chi connectivity index (χ1v) is 15.0. The van der Waals surface area contributed by atoms with Gasteiger partial charge in [-0.25, -0.2) is 22.5 Å². The maximum absolute atomic E-state index is 14.9. The standard InChI is InChI=1S/C32H27ClF4N6O3/c33-25-4-2-1-3-24(25)29(30(45)40-21-13-32(36,37)14-21)42(23-11-19(34)10-20(35)12-23)31(46)26-16-41(22-5-6-22)17-28(44)43(26)27-9-18(15-38)7-8-39-27/h1-4,7-12,21-22,26,29H,5-6,13-14,16-17H2,(H,40,45). The van der Waals surface area contributed by atoms with Crippen LogP contribution in [0.4, 0.5) is 29.1 Å². The van der Waals surface area contributed by atoms with Crippen molar-refractivity contribution < 1.29 is 31.9 Å². The average molecular weight is 655 g/mol. The number of carbonyl (C=O) groups is 3. The van der Waals surface area contributed by atoms with Crippen molar-refractivity contribution in [1.82, 2.24) is 15.2 Å². The molecule has 6 rings (SSSR count). The fourth-order valence-corrected chi connectivity index (χ4v) is 6.22. The number of hydrogen-bond acceptors (Lipinski definition) is 6. The first-order valence-electron chi connectivity index (χ1n) is 14.6. The maximum Gasteiger partial charge on any atom is 0.252 e. The topological polar surface area (TPSA) is 110 Å². The Morgan fingerprint density at radius 2 is 1.78 bits per heavy atom. The van der Waals surface area contributed by atoms with E-state index in [9.17, 15) is 37.2 Å². The SMILES string of the molecule is N#Cc1ccnc(N2C(=O)CN(C3CC3)CC2C(=O)N(c2cc(F)cc(F)c2)C(C(=O)NC2CC(F)(F)C2)c2ccccc2Cl)c1. The van der Waals surface area contributed by atoms with Crippen LogP contribution >= 0.6 is 11.6 Å². The molecule has 2 heterocycles. The van der Waals surface area contributed by atoms with Gasteiger partial charge >= 0.3 is 0 Å². The summed E-state index contributed by atoms with van der Waals surface area (Å²) >= 11 is 6.53. The predicted octanol–water partition coefficient (Wildman–Crippen LogP) is 4.75. The van der Waals surface area contributed by atoms with Crippen molar-refractivity contribution in [3.8, 4) is 6.07 Å². The van der Waals surface area contributed by atoms with Crippen LogP contribution in [-0.2, 0) is 14.4 Å². The highest BCUT2D eigenvalue weighted by Gasteiger charge is 2.49. The van der Waals surface area contributed by atoms with Crippen LogP contribution in [0, 0.1) is 23.0 Å². The number of hydrogen-bond donors (Lipinski definition) is 1. The third-order valence-corrected chi connectivity index (χ3v) is 8.65. The molecular formula is C32H27ClF4N6O3. The highest BCUT2D eigenvalue weighted by atomic mass is 35.5. The van der Waals surface area contributed by atoms with Gasteiger partial charge in [-0.2, -0.15) is 5.26 Å². The zero-order valence-electron chi connectivity index (χ0n) is 24.2. The lowest BCUT2D eigenvalue weighted by atomic mass is 9.87. The van der Waals surface area contributed by atoms with E-state index in [1.54, 1.807) is 6.07 Å². The number of nitrogens with zero attached hydrogens (tertiary/aromatic N) is 5. The number of rotatable bonds is 8. The Morgan fingerprint density at radius 3 is 2.41 bits per heavy atom. The summed E-state index contributed by atoms with van der Waals surface area (Å²) in [5, 5.41) is 12.1. The normalized spacial score (nSPS) is 20.4. The quantitative estimate of drug-likeness (QED) is 0.351. The smallest absolute Gasteiger partial charge is 0.252 e. The van der Waals surface area contributed by atoms with E-state index in [-0.39, 0.29) is 46.8 Å². The Morgan fingerprint density at radius 1 is 1.09 bits per heavy atom. The highest BCUT2D eigenvalue weighted by Crippen LogP contribution is 2.40. The summed E-state index contributed by atoms with van der Waals surface area (Å²) in [5.41, 5.74) is -0.136. The maximum atomic E-state index is 14.9. The first kappa shape index (κ1) is 31.4. The van der Waals surface area contributed by atoms with Crippen molar-refractivity contribution in [3.63, 3.8) is 0 Å². The van der Waals surface area contributed by atoms with Crippen molar-refractivity contribution in [1.29, 1.82) is 5.26 Å². The third-order valence-electron chi connectivity index (χ3n) is 8.30. The Kier molecular flexibility index (Phi) is 8.43. The zero-order chi connectivity index (χ0) is 32.7. The van der Waals surface area contributed by atoms with Crippen LogP contribution in [0.5, 0.6) is 0 Å². The predicted molar refractivity (Wildman–Crippen MR) is 159 cm³/mol. The summed E-state index contributed by atoms with van der Waals surface area (Å²) in [6, 6.07) is 9.09. The molecule has 1 saturated heterocycles. The zero-order valence-corrected chi connectivity index (χ0v) is 24.9. The van der Waals surface area contributed by atoms with Crippen LogP contribution in [0.1, 0.15) is 42.9 Å². The van der Waals surface area contributed by atoms with E-state index in [0.29, 0.717) is 6.07 Å². The molecule has 2 atom stereocenters. The Balaban J connectivity index is 1.49. The van der Waals surface area contributed by atoms with Gasteiger partial charge in [-0.05, 0) is 43.2 Å². The van der Waals surface area contributed by atoms with Gasteiger partial charge in [0, 0.05) is 54.3 Å². The fraction of sp³-hybridized carbons (Fsp3) is 0.344. The molecule has 1 aliphatic heterocycles. The molecule has 0 spiro atoms. The molecule has 0 bridgehead atoms. The minimum atomic E-state index is -2.97. The minimum absolute atomic E-state index is 0.00124. The second-order valence-corrected chi connectivity index (χ2v) is 12.1. The molecule has 14 heteroatoms. The van der Waals surface area contributed by atoms with E-state index >= 15 is 0 Å². The molecule has 3 aromatic rings. The summed E-state index contributed by atoms with van der Waals surface area (Å²) in [6.45, 7) is -0.0699. The van der Waals surface area contributed by atoms with Gasteiger partial charge in [-0.15, -0.1) is 0 Å². The number of carbonyl (C=O) groups excluding carboxylic acids is 3. The lowest BCUT2D eigenvalue weighted by Crippen LogP contribution is -2.64. The molecule has 2 aromatic carbocycles. The molecule has 9 nitrogen and oxygen atoms in total. The van der Waals surface area contributed by atoms with Crippen LogP contribution in [0.25, 0.3) is 0 Å². The van der Waals surface area contributed by atoms with E-state index in [4.69, 9.17) is 11.6 Å². The van der Waals surface area contributed by atoms with Crippen molar-refractivity contribution >= 4 is 40.8 Å². The van der Waals surface area contributed by atoms with E-state index in [2.05, 4.69) is 10.3 Å². The largest absolute Gasteiger partial charge is 0.351 e. The summed E-state index contributed by atoms with van der Waals surface area (Å²) < 4.78 is 57.0. The number of alkyl halides is 2. The lowest BCUT2D eigenvalue weighted by molar-refractivity contribution is -0.133. The first-order chi connectivity index (χ1) is 21.9. The number of nitrogens with one attached hydrogen (secondary N) is 1. The fourth-order valence-electron chi connectivity index (χ4n) is 5.99. The van der Waals surface area contributed by atoms with Crippen LogP contribution < -0.4 is 15.1 Å². The summed E-state index contributed by atoms with van der Waals surface area (Å²) in [6.07, 6.45) is 1.65. The number of anilines is 2. The van der Waals surface area contributed by atoms with E-state index < -0.39 is 66.2 Å². The van der Waals surface area contributed by atoms with Gasteiger partial charge in [0.2, 0.25) is 11.8 Å². The van der Waals surface area contributed by atoms with Gasteiger partial charge in [-0.1, -0.05) is 29.8 Å². The van der Waals surface area contributed by atoms with Crippen molar-refractivity contribution in [2.75, 3.05) is 22.9 Å². The van der Waals surface area contributed by atoms with Gasteiger partial charge in [0.15, 0.2) is 0 Å². The second kappa shape index (κ2) is 12.3. The Hall–Kier alpha value is -4.54. The Bertz CT molecular complexity index is 1720. The molecule has 238 valence electrons. The molecule has 3 amide bonds. The molecule has 46 heavy (non-hydrogen) atoms. The van der Waals surface area contributed by atoms with Crippen molar-refractivity contribution in [2.24, 2.45) is 0 Å². The van der Waals surface area contributed by atoms with Crippen LogP contribution in [0.2, 0.25) is 5.02 Å². The molecule has 3 aliphatic rings. The summed E-state index contributed by atoms with van der Waals surface area (Å²) in [5.74, 6) is -7.41. The van der Waals surface area contributed by atoms with Crippen molar-refractivity contribution in [2.45, 2.75) is 55.8 Å². The molecule has 1 N–H and O–H groups in total. The average Bonchev–Trinajstić information content (AvgIpc) is 3.84. The number of benzene rings is 2. The number of nitriles is 1.